The Morgan fingerprint density at radius 3 is 2.84 bits per heavy atom. The summed E-state index contributed by atoms with van der Waals surface area (Å²) in [6.45, 7) is 2.41. The Balaban J connectivity index is 1.60. The normalized spacial score (nSPS) is 10.8. The fraction of sp³-hybridized carbons (Fsp3) is 0.211. The largest absolute Gasteiger partial charge is 0.326 e. The summed E-state index contributed by atoms with van der Waals surface area (Å²) in [6, 6.07) is 13.0. The van der Waals surface area contributed by atoms with Crippen LogP contribution in [0.3, 0.4) is 0 Å². The average Bonchev–Trinajstić information content (AvgIpc) is 2.60. The molecule has 0 aliphatic rings. The minimum atomic E-state index is -0.0743. The highest BCUT2D eigenvalue weighted by Gasteiger charge is 2.07. The number of amides is 1. The molecular formula is C19H18BrN3O2. The molecule has 3 aromatic rings. The third kappa shape index (κ3) is 4.14. The van der Waals surface area contributed by atoms with E-state index in [4.69, 9.17) is 0 Å². The van der Waals surface area contributed by atoms with Gasteiger partial charge in [0.15, 0.2) is 0 Å². The van der Waals surface area contributed by atoms with Gasteiger partial charge >= 0.3 is 0 Å². The number of para-hydroxylation sites is 1. The molecule has 6 heteroatoms. The summed E-state index contributed by atoms with van der Waals surface area (Å²) in [6.07, 6.45) is 2.46. The Kier molecular flexibility index (Phi) is 5.28. The molecule has 0 spiro atoms. The molecule has 0 atom stereocenters. The van der Waals surface area contributed by atoms with Crippen molar-refractivity contribution in [3.05, 3.63) is 69.2 Å². The lowest BCUT2D eigenvalue weighted by atomic mass is 10.2. The van der Waals surface area contributed by atoms with Crippen LogP contribution in [0.15, 0.2) is 58.1 Å². The van der Waals surface area contributed by atoms with E-state index in [1.54, 1.807) is 17.0 Å². The first-order chi connectivity index (χ1) is 12.0. The molecule has 1 N–H and O–H groups in total. The Morgan fingerprint density at radius 2 is 2.04 bits per heavy atom. The molecule has 0 unspecified atom stereocenters. The molecule has 5 nitrogen and oxygen atoms in total. The summed E-state index contributed by atoms with van der Waals surface area (Å²) in [5, 5.41) is 3.50. The van der Waals surface area contributed by atoms with Gasteiger partial charge in [0.2, 0.25) is 5.91 Å². The van der Waals surface area contributed by atoms with E-state index in [0.29, 0.717) is 30.3 Å². The third-order valence-electron chi connectivity index (χ3n) is 4.00. The summed E-state index contributed by atoms with van der Waals surface area (Å²) >= 11 is 3.40. The molecule has 2 aromatic carbocycles. The summed E-state index contributed by atoms with van der Waals surface area (Å²) in [5.41, 5.74) is 2.41. The number of fused-ring (bicyclic) bond motifs is 1. The van der Waals surface area contributed by atoms with Crippen molar-refractivity contribution in [1.29, 1.82) is 0 Å². The van der Waals surface area contributed by atoms with Gasteiger partial charge in [0.1, 0.15) is 0 Å². The molecule has 1 amide bonds. The molecule has 0 aliphatic heterocycles. The molecule has 128 valence electrons. The standard InChI is InChI=1S/C19H18BrN3O2/c1-13-11-14(20)8-9-16(13)22-18(24)7-4-10-23-12-21-17-6-3-2-5-15(17)19(23)25/h2-3,5-6,8-9,11-12H,4,7,10H2,1H3,(H,22,24). The smallest absolute Gasteiger partial charge is 0.261 e. The second kappa shape index (κ2) is 7.61. The predicted octanol–water partition coefficient (Wildman–Crippen LogP) is 3.89. The van der Waals surface area contributed by atoms with E-state index in [0.717, 1.165) is 15.7 Å². The highest BCUT2D eigenvalue weighted by molar-refractivity contribution is 9.10. The molecule has 0 saturated heterocycles. The van der Waals surface area contributed by atoms with Gasteiger partial charge in [-0.2, -0.15) is 0 Å². The number of hydrogen-bond acceptors (Lipinski definition) is 3. The zero-order valence-corrected chi connectivity index (χ0v) is 15.4. The summed E-state index contributed by atoms with van der Waals surface area (Å²) in [7, 11) is 0. The summed E-state index contributed by atoms with van der Waals surface area (Å²) in [5.74, 6) is -0.0628. The van der Waals surface area contributed by atoms with Crippen molar-refractivity contribution in [3.63, 3.8) is 0 Å². The van der Waals surface area contributed by atoms with Crippen molar-refractivity contribution in [2.75, 3.05) is 5.32 Å². The number of aryl methyl sites for hydroxylation is 2. The van der Waals surface area contributed by atoms with Crippen molar-refractivity contribution < 1.29 is 4.79 Å². The molecule has 1 heterocycles. The summed E-state index contributed by atoms with van der Waals surface area (Å²) < 4.78 is 2.53. The van der Waals surface area contributed by atoms with E-state index in [2.05, 4.69) is 26.2 Å². The molecule has 3 rings (SSSR count). The molecule has 0 aliphatic carbocycles. The first-order valence-corrected chi connectivity index (χ1v) is 8.84. The maximum Gasteiger partial charge on any atom is 0.261 e. The molecule has 0 fully saturated rings. The van der Waals surface area contributed by atoms with Crippen LogP contribution in [0.5, 0.6) is 0 Å². The maximum atomic E-state index is 12.4. The van der Waals surface area contributed by atoms with E-state index >= 15 is 0 Å². The van der Waals surface area contributed by atoms with Crippen LogP contribution < -0.4 is 10.9 Å². The van der Waals surface area contributed by atoms with Gasteiger partial charge in [0, 0.05) is 23.1 Å². The van der Waals surface area contributed by atoms with Gasteiger partial charge in [-0.05, 0) is 49.2 Å². The number of aromatic nitrogens is 2. The van der Waals surface area contributed by atoms with Gasteiger partial charge in [-0.25, -0.2) is 4.98 Å². The molecule has 0 saturated carbocycles. The number of hydrogen-bond donors (Lipinski definition) is 1. The monoisotopic (exact) mass is 399 g/mol. The van der Waals surface area contributed by atoms with Crippen molar-refractivity contribution in [2.24, 2.45) is 0 Å². The number of anilines is 1. The Bertz CT molecular complexity index is 982. The Morgan fingerprint density at radius 1 is 1.24 bits per heavy atom. The highest BCUT2D eigenvalue weighted by atomic mass is 79.9. The van der Waals surface area contributed by atoms with Crippen LogP contribution in [-0.4, -0.2) is 15.5 Å². The molecule has 25 heavy (non-hydrogen) atoms. The van der Waals surface area contributed by atoms with E-state index in [1.807, 2.05) is 43.3 Å². The molecular weight excluding hydrogens is 382 g/mol. The SMILES string of the molecule is Cc1cc(Br)ccc1NC(=O)CCCn1cnc2ccccc2c1=O. The van der Waals surface area contributed by atoms with E-state index in [1.165, 1.54) is 0 Å². The topological polar surface area (TPSA) is 64.0 Å². The third-order valence-corrected chi connectivity index (χ3v) is 4.49. The zero-order chi connectivity index (χ0) is 17.8. The van der Waals surface area contributed by atoms with E-state index in [-0.39, 0.29) is 11.5 Å². The Hall–Kier alpha value is -2.47. The first-order valence-electron chi connectivity index (χ1n) is 8.05. The fourth-order valence-corrected chi connectivity index (χ4v) is 3.13. The predicted molar refractivity (Wildman–Crippen MR) is 103 cm³/mol. The quantitative estimate of drug-likeness (QED) is 0.707. The second-order valence-corrected chi connectivity index (χ2v) is 6.79. The van der Waals surface area contributed by atoms with Gasteiger partial charge in [-0.3, -0.25) is 14.2 Å². The van der Waals surface area contributed by atoms with Crippen LogP contribution in [-0.2, 0) is 11.3 Å². The molecule has 1 aromatic heterocycles. The Labute approximate surface area is 153 Å². The van der Waals surface area contributed by atoms with Gasteiger partial charge in [0.05, 0.1) is 17.2 Å². The number of rotatable bonds is 5. The number of carbonyl (C=O) groups excluding carboxylic acids is 1. The maximum absolute atomic E-state index is 12.4. The lowest BCUT2D eigenvalue weighted by Gasteiger charge is -2.09. The van der Waals surface area contributed by atoms with Crippen LogP contribution in [0.4, 0.5) is 5.69 Å². The average molecular weight is 400 g/mol. The number of halogens is 1. The lowest BCUT2D eigenvalue weighted by molar-refractivity contribution is -0.116. The summed E-state index contributed by atoms with van der Waals surface area (Å²) in [4.78, 5) is 28.8. The van der Waals surface area contributed by atoms with E-state index < -0.39 is 0 Å². The number of nitrogens with zero attached hydrogens (tertiary/aromatic N) is 2. The van der Waals surface area contributed by atoms with Gasteiger partial charge < -0.3 is 5.32 Å². The molecule has 0 bridgehead atoms. The van der Waals surface area contributed by atoms with Crippen molar-refractivity contribution in [3.8, 4) is 0 Å². The number of carbonyl (C=O) groups is 1. The lowest BCUT2D eigenvalue weighted by Crippen LogP contribution is -2.21. The second-order valence-electron chi connectivity index (χ2n) is 5.87. The minimum absolute atomic E-state index is 0.0628. The van der Waals surface area contributed by atoms with Crippen molar-refractivity contribution >= 4 is 38.4 Å². The number of benzene rings is 2. The van der Waals surface area contributed by atoms with Crippen LogP contribution in [0.2, 0.25) is 0 Å². The van der Waals surface area contributed by atoms with Crippen LogP contribution in [0, 0.1) is 6.92 Å². The first kappa shape index (κ1) is 17.4. The van der Waals surface area contributed by atoms with Crippen molar-refractivity contribution in [2.45, 2.75) is 26.3 Å². The fourth-order valence-electron chi connectivity index (χ4n) is 2.66. The van der Waals surface area contributed by atoms with Crippen LogP contribution in [0.1, 0.15) is 18.4 Å². The zero-order valence-electron chi connectivity index (χ0n) is 13.8. The minimum Gasteiger partial charge on any atom is -0.326 e. The van der Waals surface area contributed by atoms with Crippen molar-refractivity contribution in [1.82, 2.24) is 9.55 Å². The highest BCUT2D eigenvalue weighted by Crippen LogP contribution is 2.20. The van der Waals surface area contributed by atoms with Crippen LogP contribution >= 0.6 is 15.9 Å². The molecule has 0 radical (unpaired) electrons. The van der Waals surface area contributed by atoms with Gasteiger partial charge in [0.25, 0.3) is 5.56 Å². The number of nitrogens with one attached hydrogen (secondary N) is 1. The van der Waals surface area contributed by atoms with E-state index in [9.17, 15) is 9.59 Å². The van der Waals surface area contributed by atoms with Gasteiger partial charge in [-0.15, -0.1) is 0 Å². The van der Waals surface area contributed by atoms with Gasteiger partial charge in [-0.1, -0.05) is 28.1 Å². The van der Waals surface area contributed by atoms with Crippen LogP contribution in [0.25, 0.3) is 10.9 Å².